The predicted octanol–water partition coefficient (Wildman–Crippen LogP) is 2.97. The predicted molar refractivity (Wildman–Crippen MR) is 61.8 cm³/mol. The standard InChI is InChI=1S/C10H5ClO4S/c11-5-1-2-8-6(3-5)7(12)4-9(16-8)15-10(13)14/h1-4H,(H,13,14). The van der Waals surface area contributed by atoms with Crippen molar-refractivity contribution in [2.75, 3.05) is 0 Å². The number of rotatable bonds is 1. The van der Waals surface area contributed by atoms with Crippen molar-refractivity contribution in [2.45, 2.75) is 0 Å². The number of ether oxygens (including phenoxy) is 1. The van der Waals surface area contributed by atoms with Crippen LogP contribution < -0.4 is 10.2 Å². The Morgan fingerprint density at radius 1 is 1.38 bits per heavy atom. The van der Waals surface area contributed by atoms with E-state index < -0.39 is 6.16 Å². The lowest BCUT2D eigenvalue weighted by Gasteiger charge is -2.00. The number of hydrogen-bond acceptors (Lipinski definition) is 4. The van der Waals surface area contributed by atoms with E-state index in [1.54, 1.807) is 18.2 Å². The molecule has 0 radical (unpaired) electrons. The Labute approximate surface area is 98.7 Å². The Morgan fingerprint density at radius 3 is 2.81 bits per heavy atom. The normalized spacial score (nSPS) is 10.3. The van der Waals surface area contributed by atoms with Crippen molar-refractivity contribution in [1.82, 2.24) is 0 Å². The fraction of sp³-hybridized carbons (Fsp3) is 0. The van der Waals surface area contributed by atoms with Crippen molar-refractivity contribution < 1.29 is 14.6 Å². The summed E-state index contributed by atoms with van der Waals surface area (Å²) < 4.78 is 5.07. The lowest BCUT2D eigenvalue weighted by atomic mass is 10.2. The molecule has 6 heteroatoms. The summed E-state index contributed by atoms with van der Waals surface area (Å²) in [5, 5.41) is 9.40. The summed E-state index contributed by atoms with van der Waals surface area (Å²) in [6.45, 7) is 0. The number of benzene rings is 1. The third-order valence-electron chi connectivity index (χ3n) is 1.85. The van der Waals surface area contributed by atoms with Crippen LogP contribution in [0.3, 0.4) is 0 Å². The fourth-order valence-corrected chi connectivity index (χ4v) is 2.32. The van der Waals surface area contributed by atoms with Gasteiger partial charge in [-0.15, -0.1) is 0 Å². The highest BCUT2D eigenvalue weighted by atomic mass is 35.5. The van der Waals surface area contributed by atoms with Gasteiger partial charge >= 0.3 is 6.16 Å². The number of carbonyl (C=O) groups is 1. The molecule has 1 aromatic heterocycles. The van der Waals surface area contributed by atoms with Crippen molar-refractivity contribution in [3.05, 3.63) is 39.5 Å². The van der Waals surface area contributed by atoms with Crippen LogP contribution in [0.25, 0.3) is 10.1 Å². The summed E-state index contributed by atoms with van der Waals surface area (Å²) in [4.78, 5) is 21.9. The molecule has 0 bridgehead atoms. The summed E-state index contributed by atoms with van der Waals surface area (Å²) in [5.41, 5.74) is -0.312. The lowest BCUT2D eigenvalue weighted by Crippen LogP contribution is -2.05. The van der Waals surface area contributed by atoms with Crippen LogP contribution in [0.1, 0.15) is 0 Å². The summed E-state index contributed by atoms with van der Waals surface area (Å²) in [6.07, 6.45) is -1.44. The SMILES string of the molecule is O=C(O)Oc1cc(=O)c2cc(Cl)ccc2s1. The van der Waals surface area contributed by atoms with E-state index in [1.807, 2.05) is 0 Å². The molecule has 0 atom stereocenters. The second kappa shape index (κ2) is 4.11. The van der Waals surface area contributed by atoms with Gasteiger partial charge in [0, 0.05) is 21.2 Å². The van der Waals surface area contributed by atoms with Crippen LogP contribution in [-0.2, 0) is 0 Å². The van der Waals surface area contributed by atoms with Crippen LogP contribution in [0.4, 0.5) is 4.79 Å². The Morgan fingerprint density at radius 2 is 2.12 bits per heavy atom. The van der Waals surface area contributed by atoms with Gasteiger partial charge in [-0.2, -0.15) is 0 Å². The maximum atomic E-state index is 11.6. The molecular formula is C10H5ClO4S. The summed E-state index contributed by atoms with van der Waals surface area (Å²) in [7, 11) is 0. The minimum atomic E-state index is -1.44. The second-order valence-corrected chi connectivity index (χ2v) is 4.42. The van der Waals surface area contributed by atoms with Gasteiger partial charge in [-0.1, -0.05) is 22.9 Å². The minimum Gasteiger partial charge on any atom is -0.449 e. The van der Waals surface area contributed by atoms with Crippen molar-refractivity contribution in [1.29, 1.82) is 0 Å². The monoisotopic (exact) mass is 256 g/mol. The van der Waals surface area contributed by atoms with E-state index in [0.717, 1.165) is 17.4 Å². The van der Waals surface area contributed by atoms with E-state index in [4.69, 9.17) is 16.7 Å². The van der Waals surface area contributed by atoms with E-state index in [9.17, 15) is 9.59 Å². The minimum absolute atomic E-state index is 0.0484. The second-order valence-electron chi connectivity index (χ2n) is 2.94. The van der Waals surface area contributed by atoms with Crippen LogP contribution >= 0.6 is 22.9 Å². The molecular weight excluding hydrogens is 252 g/mol. The first-order valence-electron chi connectivity index (χ1n) is 4.20. The zero-order valence-electron chi connectivity index (χ0n) is 7.77. The molecule has 0 aliphatic carbocycles. The number of carboxylic acid groups (broad SMARTS) is 1. The van der Waals surface area contributed by atoms with E-state index in [-0.39, 0.29) is 10.5 Å². The van der Waals surface area contributed by atoms with Crippen LogP contribution in [0.15, 0.2) is 29.1 Å². The Hall–Kier alpha value is -1.59. The first kappa shape index (κ1) is 10.9. The lowest BCUT2D eigenvalue weighted by molar-refractivity contribution is 0.146. The number of hydrogen-bond donors (Lipinski definition) is 1. The van der Waals surface area contributed by atoms with E-state index in [0.29, 0.717) is 15.1 Å². The molecule has 0 aliphatic rings. The molecule has 4 nitrogen and oxygen atoms in total. The Bertz CT molecular complexity index is 620. The van der Waals surface area contributed by atoms with Crippen molar-refractivity contribution >= 4 is 39.2 Å². The van der Waals surface area contributed by atoms with Gasteiger partial charge in [0.25, 0.3) is 0 Å². The molecule has 16 heavy (non-hydrogen) atoms. The topological polar surface area (TPSA) is 63.6 Å². The van der Waals surface area contributed by atoms with Crippen molar-refractivity contribution in [3.8, 4) is 5.06 Å². The van der Waals surface area contributed by atoms with Crippen LogP contribution in [-0.4, -0.2) is 11.3 Å². The first-order valence-corrected chi connectivity index (χ1v) is 5.40. The molecule has 0 unspecified atom stereocenters. The van der Waals surface area contributed by atoms with Gasteiger partial charge < -0.3 is 9.84 Å². The average molecular weight is 257 g/mol. The molecule has 0 saturated carbocycles. The van der Waals surface area contributed by atoms with Crippen LogP contribution in [0.2, 0.25) is 5.02 Å². The fourth-order valence-electron chi connectivity index (χ4n) is 1.24. The molecule has 1 N–H and O–H groups in total. The summed E-state index contributed by atoms with van der Waals surface area (Å²) >= 11 is 6.83. The number of fused-ring (bicyclic) bond motifs is 1. The Kier molecular flexibility index (Phi) is 2.80. The summed E-state index contributed by atoms with van der Waals surface area (Å²) in [5.74, 6) is 0. The quantitative estimate of drug-likeness (QED) is 0.797. The largest absolute Gasteiger partial charge is 0.512 e. The summed E-state index contributed by atoms with van der Waals surface area (Å²) in [6, 6.07) is 5.96. The molecule has 0 spiro atoms. The van der Waals surface area contributed by atoms with Crippen LogP contribution in [0.5, 0.6) is 5.06 Å². The van der Waals surface area contributed by atoms with Gasteiger partial charge in [0.1, 0.15) is 0 Å². The molecule has 2 aromatic rings. The molecule has 1 aromatic carbocycles. The number of halogens is 1. The van der Waals surface area contributed by atoms with E-state index in [2.05, 4.69) is 4.74 Å². The molecule has 0 aliphatic heterocycles. The molecule has 1 heterocycles. The van der Waals surface area contributed by atoms with Gasteiger partial charge in [-0.3, -0.25) is 4.79 Å². The molecule has 0 fully saturated rings. The van der Waals surface area contributed by atoms with Gasteiger partial charge in [0.15, 0.2) is 10.5 Å². The van der Waals surface area contributed by atoms with Gasteiger partial charge in [0.2, 0.25) is 0 Å². The first-order chi connectivity index (χ1) is 7.56. The third kappa shape index (κ3) is 2.15. The Balaban J connectivity index is 2.64. The third-order valence-corrected chi connectivity index (χ3v) is 3.07. The van der Waals surface area contributed by atoms with Gasteiger partial charge in [-0.25, -0.2) is 4.79 Å². The van der Waals surface area contributed by atoms with E-state index in [1.165, 1.54) is 0 Å². The smallest absolute Gasteiger partial charge is 0.449 e. The highest BCUT2D eigenvalue weighted by molar-refractivity contribution is 7.20. The molecule has 2 rings (SSSR count). The molecule has 82 valence electrons. The van der Waals surface area contributed by atoms with E-state index >= 15 is 0 Å². The zero-order valence-corrected chi connectivity index (χ0v) is 9.34. The maximum Gasteiger partial charge on any atom is 0.512 e. The molecule has 0 amide bonds. The average Bonchev–Trinajstić information content (AvgIpc) is 2.18. The van der Waals surface area contributed by atoms with Gasteiger partial charge in [0.05, 0.1) is 0 Å². The maximum absolute atomic E-state index is 11.6. The van der Waals surface area contributed by atoms with Gasteiger partial charge in [-0.05, 0) is 18.2 Å². The zero-order chi connectivity index (χ0) is 11.7. The highest BCUT2D eigenvalue weighted by Gasteiger charge is 2.07. The van der Waals surface area contributed by atoms with Crippen molar-refractivity contribution in [3.63, 3.8) is 0 Å². The van der Waals surface area contributed by atoms with Crippen LogP contribution in [0, 0.1) is 0 Å². The van der Waals surface area contributed by atoms with Crippen molar-refractivity contribution in [2.24, 2.45) is 0 Å². The molecule has 0 saturated heterocycles. The highest BCUT2D eigenvalue weighted by Crippen LogP contribution is 2.26.